The highest BCUT2D eigenvalue weighted by Crippen LogP contribution is 2.25. The molecule has 0 saturated carbocycles. The Morgan fingerprint density at radius 2 is 2.39 bits per heavy atom. The van der Waals surface area contributed by atoms with E-state index in [1.54, 1.807) is 25.1 Å². The molecule has 1 aromatic rings. The molecule has 18 heavy (non-hydrogen) atoms. The lowest BCUT2D eigenvalue weighted by molar-refractivity contribution is -0.144. The number of carbonyl (C=O) groups is 2. The van der Waals surface area contributed by atoms with Crippen molar-refractivity contribution in [3.63, 3.8) is 0 Å². The molecule has 0 amide bonds. The SMILES string of the molecule is CCOC(=O)C1COC(=O)c2ccc(Cl)cc2N1. The Morgan fingerprint density at radius 3 is 3.11 bits per heavy atom. The molecule has 1 unspecified atom stereocenters. The monoisotopic (exact) mass is 269 g/mol. The van der Waals surface area contributed by atoms with Gasteiger partial charge in [-0.25, -0.2) is 9.59 Å². The summed E-state index contributed by atoms with van der Waals surface area (Å²) in [5, 5.41) is 3.38. The maximum Gasteiger partial charge on any atom is 0.340 e. The average Bonchev–Trinajstić information content (AvgIpc) is 2.49. The summed E-state index contributed by atoms with van der Waals surface area (Å²) < 4.78 is 9.90. The van der Waals surface area contributed by atoms with E-state index < -0.39 is 18.0 Å². The number of benzene rings is 1. The lowest BCUT2D eigenvalue weighted by Gasteiger charge is -2.15. The molecular formula is C12H12ClNO4. The molecule has 0 aromatic heterocycles. The molecule has 0 spiro atoms. The van der Waals surface area contributed by atoms with Gasteiger partial charge in [-0.05, 0) is 25.1 Å². The third-order valence-electron chi connectivity index (χ3n) is 2.48. The molecule has 1 aromatic carbocycles. The first kappa shape index (κ1) is 12.7. The highest BCUT2D eigenvalue weighted by molar-refractivity contribution is 6.31. The van der Waals surface area contributed by atoms with Gasteiger partial charge in [-0.3, -0.25) is 0 Å². The number of carbonyl (C=O) groups excluding carboxylic acids is 2. The number of esters is 2. The number of halogens is 1. The van der Waals surface area contributed by atoms with Gasteiger partial charge in [0.25, 0.3) is 0 Å². The molecule has 96 valence electrons. The number of fused-ring (bicyclic) bond motifs is 1. The zero-order valence-electron chi connectivity index (χ0n) is 9.73. The number of anilines is 1. The van der Waals surface area contributed by atoms with Crippen LogP contribution in [0.15, 0.2) is 18.2 Å². The number of hydrogen-bond acceptors (Lipinski definition) is 5. The fraction of sp³-hybridized carbons (Fsp3) is 0.333. The van der Waals surface area contributed by atoms with E-state index in [-0.39, 0.29) is 13.2 Å². The van der Waals surface area contributed by atoms with Crippen LogP contribution in [-0.4, -0.2) is 31.2 Å². The summed E-state index contributed by atoms with van der Waals surface area (Å²) in [4.78, 5) is 23.3. The molecule has 1 N–H and O–H groups in total. The van der Waals surface area contributed by atoms with Crippen LogP contribution in [0.5, 0.6) is 0 Å². The summed E-state index contributed by atoms with van der Waals surface area (Å²) >= 11 is 5.86. The van der Waals surface area contributed by atoms with Gasteiger partial charge in [0.05, 0.1) is 17.9 Å². The minimum absolute atomic E-state index is 0.0655. The molecule has 1 atom stereocenters. The van der Waals surface area contributed by atoms with Crippen LogP contribution in [0.2, 0.25) is 5.02 Å². The molecule has 0 aliphatic carbocycles. The molecule has 1 aliphatic rings. The zero-order chi connectivity index (χ0) is 13.1. The van der Waals surface area contributed by atoms with Crippen molar-refractivity contribution in [3.8, 4) is 0 Å². The van der Waals surface area contributed by atoms with E-state index in [9.17, 15) is 9.59 Å². The number of ether oxygens (including phenoxy) is 2. The second-order valence-electron chi connectivity index (χ2n) is 3.74. The molecule has 0 bridgehead atoms. The van der Waals surface area contributed by atoms with Gasteiger partial charge in [-0.2, -0.15) is 0 Å². The van der Waals surface area contributed by atoms with Crippen LogP contribution in [0.1, 0.15) is 17.3 Å². The summed E-state index contributed by atoms with van der Waals surface area (Å²) in [6.07, 6.45) is 0. The van der Waals surface area contributed by atoms with Crippen molar-refractivity contribution < 1.29 is 19.1 Å². The van der Waals surface area contributed by atoms with Gasteiger partial charge in [-0.15, -0.1) is 0 Å². The van der Waals surface area contributed by atoms with Crippen molar-refractivity contribution in [1.82, 2.24) is 0 Å². The molecule has 5 nitrogen and oxygen atoms in total. The van der Waals surface area contributed by atoms with Crippen molar-refractivity contribution >= 4 is 29.2 Å². The smallest absolute Gasteiger partial charge is 0.340 e. The first-order valence-electron chi connectivity index (χ1n) is 5.51. The predicted octanol–water partition coefficient (Wildman–Crippen LogP) is 1.85. The molecule has 1 heterocycles. The largest absolute Gasteiger partial charge is 0.464 e. The van der Waals surface area contributed by atoms with Crippen LogP contribution in [-0.2, 0) is 14.3 Å². The zero-order valence-corrected chi connectivity index (χ0v) is 10.5. The number of cyclic esters (lactones) is 1. The predicted molar refractivity (Wildman–Crippen MR) is 65.8 cm³/mol. The molecule has 0 radical (unpaired) electrons. The summed E-state index contributed by atoms with van der Waals surface area (Å²) in [6, 6.07) is 4.01. The van der Waals surface area contributed by atoms with Crippen molar-refractivity contribution in [2.75, 3.05) is 18.5 Å². The Hall–Kier alpha value is -1.75. The molecule has 0 saturated heterocycles. The summed E-state index contributed by atoms with van der Waals surface area (Å²) in [5.74, 6) is -0.945. The highest BCUT2D eigenvalue weighted by atomic mass is 35.5. The van der Waals surface area contributed by atoms with E-state index in [1.807, 2.05) is 0 Å². The van der Waals surface area contributed by atoms with Crippen molar-refractivity contribution in [2.45, 2.75) is 13.0 Å². The lowest BCUT2D eigenvalue weighted by atomic mass is 10.1. The fourth-order valence-corrected chi connectivity index (χ4v) is 1.82. The molecular weight excluding hydrogens is 258 g/mol. The van der Waals surface area contributed by atoms with E-state index in [4.69, 9.17) is 21.1 Å². The van der Waals surface area contributed by atoms with E-state index >= 15 is 0 Å². The number of hydrogen-bond donors (Lipinski definition) is 1. The first-order valence-corrected chi connectivity index (χ1v) is 5.89. The lowest BCUT2D eigenvalue weighted by Crippen LogP contribution is -2.34. The molecule has 2 rings (SSSR count). The van der Waals surface area contributed by atoms with Crippen LogP contribution in [0.25, 0.3) is 0 Å². The minimum atomic E-state index is -0.714. The summed E-state index contributed by atoms with van der Waals surface area (Å²) in [6.45, 7) is 1.92. The van der Waals surface area contributed by atoms with Crippen LogP contribution >= 0.6 is 11.6 Å². The third kappa shape index (κ3) is 2.56. The Labute approximate surface area is 109 Å². The Balaban J connectivity index is 2.28. The topological polar surface area (TPSA) is 64.6 Å². The van der Waals surface area contributed by atoms with Crippen LogP contribution in [0, 0.1) is 0 Å². The Bertz CT molecular complexity index is 489. The number of nitrogens with one attached hydrogen (secondary N) is 1. The normalized spacial score (nSPS) is 18.1. The van der Waals surface area contributed by atoms with Gasteiger partial charge in [-0.1, -0.05) is 11.6 Å². The first-order chi connectivity index (χ1) is 8.61. The average molecular weight is 270 g/mol. The molecule has 6 heteroatoms. The van der Waals surface area contributed by atoms with Crippen LogP contribution < -0.4 is 5.32 Å². The molecule has 0 fully saturated rings. The maximum absolute atomic E-state index is 11.7. The van der Waals surface area contributed by atoms with Crippen molar-refractivity contribution in [2.24, 2.45) is 0 Å². The van der Waals surface area contributed by atoms with E-state index in [0.29, 0.717) is 16.3 Å². The standard InChI is InChI=1S/C12H12ClNO4/c1-2-17-12(16)10-6-18-11(15)8-4-3-7(13)5-9(8)14-10/h3-5,10,14H,2,6H2,1H3. The van der Waals surface area contributed by atoms with Gasteiger partial charge in [0.15, 0.2) is 6.04 Å². The third-order valence-corrected chi connectivity index (χ3v) is 2.72. The number of rotatable bonds is 2. The van der Waals surface area contributed by atoms with E-state index in [1.165, 1.54) is 0 Å². The minimum Gasteiger partial charge on any atom is -0.464 e. The van der Waals surface area contributed by atoms with Gasteiger partial charge < -0.3 is 14.8 Å². The maximum atomic E-state index is 11.7. The van der Waals surface area contributed by atoms with E-state index in [0.717, 1.165) is 0 Å². The van der Waals surface area contributed by atoms with Gasteiger partial charge in [0, 0.05) is 5.02 Å². The van der Waals surface area contributed by atoms with Gasteiger partial charge in [0.2, 0.25) is 0 Å². The van der Waals surface area contributed by atoms with E-state index in [2.05, 4.69) is 5.32 Å². The second-order valence-corrected chi connectivity index (χ2v) is 4.17. The van der Waals surface area contributed by atoms with Crippen LogP contribution in [0.3, 0.4) is 0 Å². The van der Waals surface area contributed by atoms with Crippen LogP contribution in [0.4, 0.5) is 5.69 Å². The summed E-state index contributed by atoms with van der Waals surface area (Å²) in [5.41, 5.74) is 0.828. The quantitative estimate of drug-likeness (QED) is 0.830. The van der Waals surface area contributed by atoms with Crippen molar-refractivity contribution in [3.05, 3.63) is 28.8 Å². The Morgan fingerprint density at radius 1 is 1.61 bits per heavy atom. The highest BCUT2D eigenvalue weighted by Gasteiger charge is 2.28. The van der Waals surface area contributed by atoms with Gasteiger partial charge >= 0.3 is 11.9 Å². The second kappa shape index (κ2) is 5.27. The van der Waals surface area contributed by atoms with Gasteiger partial charge in [0.1, 0.15) is 6.61 Å². The Kier molecular flexibility index (Phi) is 3.72. The summed E-state index contributed by atoms with van der Waals surface area (Å²) in [7, 11) is 0. The van der Waals surface area contributed by atoms with Crippen molar-refractivity contribution in [1.29, 1.82) is 0 Å². The molecule has 1 aliphatic heterocycles. The fourth-order valence-electron chi connectivity index (χ4n) is 1.65.